The van der Waals surface area contributed by atoms with Crippen molar-refractivity contribution in [2.45, 2.75) is 58.1 Å². The Morgan fingerprint density at radius 3 is 2.62 bits per heavy atom. The summed E-state index contributed by atoms with van der Waals surface area (Å²) in [4.78, 5) is 34.0. The molecule has 0 spiro atoms. The first-order valence-corrected chi connectivity index (χ1v) is 14.5. The third kappa shape index (κ3) is 5.18. The number of thiazole rings is 1. The number of hydrogen-bond acceptors (Lipinski definition) is 6. The number of carbonyl (C=O) groups is 2. The number of rotatable bonds is 7. The lowest BCUT2D eigenvalue weighted by Gasteiger charge is -2.58. The van der Waals surface area contributed by atoms with E-state index in [4.69, 9.17) is 4.98 Å². The van der Waals surface area contributed by atoms with Crippen molar-refractivity contribution in [2.24, 2.45) is 16.7 Å². The van der Waals surface area contributed by atoms with Gasteiger partial charge in [0.05, 0.1) is 18.4 Å². The second kappa shape index (κ2) is 11.0. The molecule has 0 radical (unpaired) electrons. The molecule has 212 valence electrons. The summed E-state index contributed by atoms with van der Waals surface area (Å²) in [6.45, 7) is 4.40. The highest BCUT2D eigenvalue weighted by Gasteiger charge is 2.59. The summed E-state index contributed by atoms with van der Waals surface area (Å²) < 4.78 is 13.7. The summed E-state index contributed by atoms with van der Waals surface area (Å²) in [5.74, 6) is -1.33. The highest BCUT2D eigenvalue weighted by molar-refractivity contribution is 7.15. The van der Waals surface area contributed by atoms with Gasteiger partial charge < -0.3 is 15.1 Å². The van der Waals surface area contributed by atoms with E-state index in [1.54, 1.807) is 18.0 Å². The summed E-state index contributed by atoms with van der Waals surface area (Å²) in [5.41, 5.74) is 0.883. The number of nitrogens with one attached hydrogen (secondary N) is 1. The van der Waals surface area contributed by atoms with Crippen molar-refractivity contribution in [3.63, 3.8) is 0 Å². The number of aliphatic hydroxyl groups is 2. The molecule has 0 saturated heterocycles. The number of aromatic nitrogens is 1. The van der Waals surface area contributed by atoms with Crippen LogP contribution in [0.2, 0.25) is 0 Å². The molecule has 2 amide bonds. The van der Waals surface area contributed by atoms with Crippen molar-refractivity contribution in [3.8, 4) is 0 Å². The van der Waals surface area contributed by atoms with Crippen molar-refractivity contribution in [2.75, 3.05) is 19.0 Å². The zero-order valence-corrected chi connectivity index (χ0v) is 23.9. The zero-order valence-electron chi connectivity index (χ0n) is 23.1. The van der Waals surface area contributed by atoms with Crippen molar-refractivity contribution in [3.05, 3.63) is 82.1 Å². The highest BCUT2D eigenvalue weighted by atomic mass is 32.1. The Balaban J connectivity index is 1.48. The Bertz CT molecular complexity index is 1400. The summed E-state index contributed by atoms with van der Waals surface area (Å²) in [6, 6.07) is 15.3. The second-order valence-corrected chi connectivity index (χ2v) is 12.8. The van der Waals surface area contributed by atoms with Crippen molar-refractivity contribution in [1.29, 1.82) is 0 Å². The molecule has 9 heteroatoms. The highest BCUT2D eigenvalue weighted by Crippen LogP contribution is 2.63. The molecule has 7 nitrogen and oxygen atoms in total. The average Bonchev–Trinajstić information content (AvgIpc) is 3.34. The maximum absolute atomic E-state index is 13.7. The van der Waals surface area contributed by atoms with Gasteiger partial charge in [0.25, 0.3) is 5.91 Å². The fourth-order valence-corrected chi connectivity index (χ4v) is 7.84. The fourth-order valence-electron chi connectivity index (χ4n) is 6.77. The molecule has 0 aliphatic heterocycles. The molecule has 0 bridgehead atoms. The first-order chi connectivity index (χ1) is 19.0. The monoisotopic (exact) mass is 565 g/mol. The molecule has 3 aromatic rings. The summed E-state index contributed by atoms with van der Waals surface area (Å²) in [7, 11) is 1.80. The van der Waals surface area contributed by atoms with E-state index in [0.717, 1.165) is 16.1 Å². The van der Waals surface area contributed by atoms with Gasteiger partial charge in [0, 0.05) is 41.8 Å². The van der Waals surface area contributed by atoms with Crippen LogP contribution >= 0.6 is 11.3 Å². The number of halogens is 1. The molecule has 1 saturated carbocycles. The van der Waals surface area contributed by atoms with E-state index in [1.807, 2.05) is 37.3 Å². The summed E-state index contributed by atoms with van der Waals surface area (Å²) >= 11 is 1.35. The normalized spacial score (nSPS) is 27.4. The van der Waals surface area contributed by atoms with Gasteiger partial charge in [-0.1, -0.05) is 50.2 Å². The lowest BCUT2D eigenvalue weighted by Crippen LogP contribution is -2.57. The predicted molar refractivity (Wildman–Crippen MR) is 152 cm³/mol. The molecule has 2 aromatic carbocycles. The van der Waals surface area contributed by atoms with Gasteiger partial charge in [-0.25, -0.2) is 9.37 Å². The van der Waals surface area contributed by atoms with Crippen LogP contribution in [0.4, 0.5) is 9.52 Å². The molecular formula is C31H36FN3O4S. The van der Waals surface area contributed by atoms with Gasteiger partial charge in [0.15, 0.2) is 5.13 Å². The van der Waals surface area contributed by atoms with E-state index >= 15 is 0 Å². The van der Waals surface area contributed by atoms with Crippen LogP contribution in [0, 0.1) is 22.6 Å². The molecule has 2 aliphatic carbocycles. The minimum Gasteiger partial charge on any atom is -0.396 e. The smallest absolute Gasteiger partial charge is 0.257 e. The van der Waals surface area contributed by atoms with Gasteiger partial charge in [-0.05, 0) is 54.4 Å². The van der Waals surface area contributed by atoms with E-state index in [0.29, 0.717) is 30.9 Å². The molecule has 1 heterocycles. The van der Waals surface area contributed by atoms with Crippen molar-refractivity contribution < 1.29 is 24.2 Å². The van der Waals surface area contributed by atoms with E-state index in [1.165, 1.54) is 29.5 Å². The number of benzene rings is 2. The van der Waals surface area contributed by atoms with Crippen molar-refractivity contribution >= 4 is 28.3 Å². The van der Waals surface area contributed by atoms with Crippen LogP contribution in [-0.4, -0.2) is 51.7 Å². The molecule has 5 atom stereocenters. The topological polar surface area (TPSA) is 103 Å². The summed E-state index contributed by atoms with van der Waals surface area (Å²) in [5, 5.41) is 24.7. The van der Waals surface area contributed by atoms with Crippen LogP contribution in [0.1, 0.15) is 65.5 Å². The number of hydrogen-bond donors (Lipinski definition) is 3. The number of fused-ring (bicyclic) bond motifs is 2. The van der Waals surface area contributed by atoms with Gasteiger partial charge in [0.2, 0.25) is 5.91 Å². The molecule has 40 heavy (non-hydrogen) atoms. The quantitative estimate of drug-likeness (QED) is 0.374. The predicted octanol–water partition coefficient (Wildman–Crippen LogP) is 5.00. The van der Waals surface area contributed by atoms with E-state index in [-0.39, 0.29) is 36.3 Å². The van der Waals surface area contributed by atoms with Gasteiger partial charge >= 0.3 is 0 Å². The maximum atomic E-state index is 13.7. The minimum atomic E-state index is -0.739. The van der Waals surface area contributed by atoms with E-state index in [2.05, 4.69) is 12.2 Å². The fraction of sp³-hybridized carbons (Fsp3) is 0.452. The van der Waals surface area contributed by atoms with Crippen LogP contribution in [-0.2, 0) is 17.8 Å². The van der Waals surface area contributed by atoms with Crippen molar-refractivity contribution in [1.82, 2.24) is 9.88 Å². The lowest BCUT2D eigenvalue weighted by atomic mass is 9.47. The number of nitrogens with zero attached hydrogens (tertiary/aromatic N) is 2. The SMILES string of the molecule is CN(Cc1ccccc1)C(=O)CC1c2nc(NC(=O)c3cccc(F)c3)sc2CC2C(C)(CO)C(O)CCC12C. The van der Waals surface area contributed by atoms with Crippen LogP contribution in [0.5, 0.6) is 0 Å². The van der Waals surface area contributed by atoms with Gasteiger partial charge in [-0.2, -0.15) is 0 Å². The first kappa shape index (κ1) is 28.4. The molecule has 5 unspecified atom stereocenters. The molecule has 1 fully saturated rings. The van der Waals surface area contributed by atoms with Crippen LogP contribution in [0.3, 0.4) is 0 Å². The Morgan fingerprint density at radius 1 is 1.18 bits per heavy atom. The largest absolute Gasteiger partial charge is 0.396 e. The maximum Gasteiger partial charge on any atom is 0.257 e. The van der Waals surface area contributed by atoms with Gasteiger partial charge in [0.1, 0.15) is 5.82 Å². The standard InChI is InChI=1S/C31H36FN3O4S/c1-30-13-12-25(37)31(2,18-36)24(30)16-23-27(22(30)15-26(38)35(3)17-19-8-5-4-6-9-19)33-29(40-23)34-28(39)20-10-7-11-21(32)14-20/h4-11,14,22,24-25,36-37H,12-13,15-18H2,1-3H3,(H,33,34,39). The first-order valence-electron chi connectivity index (χ1n) is 13.7. The van der Waals surface area contributed by atoms with Crippen LogP contribution < -0.4 is 5.32 Å². The van der Waals surface area contributed by atoms with Gasteiger partial charge in [-0.3, -0.25) is 14.9 Å². The minimum absolute atomic E-state index is 0.0168. The Morgan fingerprint density at radius 2 is 1.93 bits per heavy atom. The average molecular weight is 566 g/mol. The molecular weight excluding hydrogens is 529 g/mol. The zero-order chi connectivity index (χ0) is 28.7. The Hall–Kier alpha value is -3.14. The molecule has 3 N–H and O–H groups in total. The third-order valence-electron chi connectivity index (χ3n) is 9.27. The molecule has 1 aromatic heterocycles. The molecule has 2 aliphatic rings. The van der Waals surface area contributed by atoms with Crippen LogP contribution in [0.15, 0.2) is 54.6 Å². The number of aliphatic hydroxyl groups excluding tert-OH is 2. The number of anilines is 1. The second-order valence-electron chi connectivity index (χ2n) is 11.8. The van der Waals surface area contributed by atoms with Crippen LogP contribution in [0.25, 0.3) is 0 Å². The van der Waals surface area contributed by atoms with Gasteiger partial charge in [-0.15, -0.1) is 11.3 Å². The Kier molecular flexibility index (Phi) is 7.83. The van der Waals surface area contributed by atoms with E-state index < -0.39 is 28.7 Å². The number of carbonyl (C=O) groups excluding carboxylic acids is 2. The summed E-state index contributed by atoms with van der Waals surface area (Å²) in [6.07, 6.45) is 1.36. The number of amides is 2. The lowest BCUT2D eigenvalue weighted by molar-refractivity contribution is -0.147. The van der Waals surface area contributed by atoms with E-state index in [9.17, 15) is 24.2 Å². The third-order valence-corrected chi connectivity index (χ3v) is 10.3. The molecule has 5 rings (SSSR count). The Labute approximate surface area is 238 Å².